The van der Waals surface area contributed by atoms with Crippen molar-refractivity contribution in [1.82, 2.24) is 4.90 Å². The summed E-state index contributed by atoms with van der Waals surface area (Å²) in [5.41, 5.74) is 1.64. The van der Waals surface area contributed by atoms with E-state index < -0.39 is 0 Å². The monoisotopic (exact) mass is 414 g/mol. The largest absolute Gasteiger partial charge is 0.497 e. The summed E-state index contributed by atoms with van der Waals surface area (Å²) in [5.74, 6) is 1.92. The number of quaternary nitrogens is 1. The number of hydrogen-bond donors (Lipinski definition) is 2. The number of rotatable bonds is 9. The highest BCUT2D eigenvalue weighted by atomic mass is 16.7. The molecule has 160 valence electrons. The quantitative estimate of drug-likeness (QED) is 0.638. The molecule has 30 heavy (non-hydrogen) atoms. The van der Waals surface area contributed by atoms with Crippen LogP contribution in [0.15, 0.2) is 42.5 Å². The van der Waals surface area contributed by atoms with Crippen molar-refractivity contribution in [3.8, 4) is 17.2 Å². The van der Waals surface area contributed by atoms with Gasteiger partial charge in [-0.2, -0.15) is 0 Å². The van der Waals surface area contributed by atoms with Crippen LogP contribution in [0.3, 0.4) is 0 Å². The van der Waals surface area contributed by atoms with Gasteiger partial charge in [-0.15, -0.1) is 0 Å². The minimum Gasteiger partial charge on any atom is -0.497 e. The molecule has 0 aromatic heterocycles. The number of carbonyl (C=O) groups excluding carboxylic acids is 2. The van der Waals surface area contributed by atoms with Gasteiger partial charge in [0.2, 0.25) is 6.79 Å². The molecule has 1 heterocycles. The zero-order valence-corrected chi connectivity index (χ0v) is 17.6. The standard InChI is InChI=1S/C22H27N3O5/c1-4-25(12-16-8-9-19-20(10-16)30-15-29-19)22(27)14-24(2)13-21(26)23-17-6-5-7-18(11-17)28-3/h5-11H,4,12-15H2,1-3H3,(H,23,26)/p+1. The molecule has 2 aromatic carbocycles. The van der Waals surface area contributed by atoms with Crippen molar-refractivity contribution in [3.05, 3.63) is 48.0 Å². The molecule has 2 N–H and O–H groups in total. The van der Waals surface area contributed by atoms with E-state index >= 15 is 0 Å². The third kappa shape index (κ3) is 5.64. The maximum Gasteiger partial charge on any atom is 0.279 e. The third-order valence-electron chi connectivity index (χ3n) is 4.81. The minimum absolute atomic E-state index is 0.0122. The van der Waals surface area contributed by atoms with Gasteiger partial charge < -0.3 is 29.3 Å². The first-order valence-corrected chi connectivity index (χ1v) is 9.90. The fourth-order valence-electron chi connectivity index (χ4n) is 3.25. The van der Waals surface area contributed by atoms with Gasteiger partial charge >= 0.3 is 0 Å². The Morgan fingerprint density at radius 1 is 1.13 bits per heavy atom. The minimum atomic E-state index is -0.160. The lowest BCUT2D eigenvalue weighted by Crippen LogP contribution is -3.11. The second kappa shape index (κ2) is 9.98. The van der Waals surface area contributed by atoms with Crippen LogP contribution in [0.2, 0.25) is 0 Å². The molecule has 0 radical (unpaired) electrons. The van der Waals surface area contributed by atoms with E-state index in [2.05, 4.69) is 5.32 Å². The summed E-state index contributed by atoms with van der Waals surface area (Å²) in [4.78, 5) is 27.6. The molecule has 0 aliphatic carbocycles. The van der Waals surface area contributed by atoms with E-state index in [1.807, 2.05) is 44.3 Å². The molecule has 0 bridgehead atoms. The molecule has 2 amide bonds. The molecular formula is C22H28N3O5+. The second-order valence-electron chi connectivity index (χ2n) is 7.19. The molecule has 0 spiro atoms. The van der Waals surface area contributed by atoms with Crippen LogP contribution in [0.1, 0.15) is 12.5 Å². The Labute approximate surface area is 176 Å². The number of methoxy groups -OCH3 is 1. The number of hydrogen-bond acceptors (Lipinski definition) is 5. The zero-order chi connectivity index (χ0) is 21.5. The second-order valence-corrected chi connectivity index (χ2v) is 7.19. The molecule has 1 unspecified atom stereocenters. The Morgan fingerprint density at radius 3 is 2.70 bits per heavy atom. The first-order valence-electron chi connectivity index (χ1n) is 9.90. The average molecular weight is 414 g/mol. The van der Waals surface area contributed by atoms with Gasteiger partial charge in [0, 0.05) is 24.8 Å². The van der Waals surface area contributed by atoms with Gasteiger partial charge in [-0.05, 0) is 36.8 Å². The van der Waals surface area contributed by atoms with Gasteiger partial charge in [0.05, 0.1) is 14.2 Å². The first kappa shape index (κ1) is 21.4. The van der Waals surface area contributed by atoms with Crippen molar-refractivity contribution in [3.63, 3.8) is 0 Å². The highest BCUT2D eigenvalue weighted by Gasteiger charge is 2.20. The number of benzene rings is 2. The van der Waals surface area contributed by atoms with E-state index in [1.54, 1.807) is 24.1 Å². The van der Waals surface area contributed by atoms with Gasteiger partial charge in [0.1, 0.15) is 5.75 Å². The van der Waals surface area contributed by atoms with Gasteiger partial charge in [0.15, 0.2) is 24.6 Å². The molecule has 8 heteroatoms. The predicted molar refractivity (Wildman–Crippen MR) is 112 cm³/mol. The number of ether oxygens (including phenoxy) is 3. The Hall–Kier alpha value is -3.26. The molecule has 1 aliphatic heterocycles. The molecule has 0 fully saturated rings. The van der Waals surface area contributed by atoms with Crippen LogP contribution < -0.4 is 24.4 Å². The number of carbonyl (C=O) groups is 2. The van der Waals surface area contributed by atoms with Crippen molar-refractivity contribution in [1.29, 1.82) is 0 Å². The normalized spacial score (nSPS) is 12.9. The van der Waals surface area contributed by atoms with Gasteiger partial charge in [-0.1, -0.05) is 12.1 Å². The summed E-state index contributed by atoms with van der Waals surface area (Å²) in [6.07, 6.45) is 0. The smallest absolute Gasteiger partial charge is 0.279 e. The molecule has 2 aromatic rings. The summed E-state index contributed by atoms with van der Waals surface area (Å²) in [7, 11) is 3.41. The fourth-order valence-corrected chi connectivity index (χ4v) is 3.25. The van der Waals surface area contributed by atoms with Crippen molar-refractivity contribution in [2.45, 2.75) is 13.5 Å². The zero-order valence-electron chi connectivity index (χ0n) is 17.6. The number of nitrogens with zero attached hydrogens (tertiary/aromatic N) is 1. The Morgan fingerprint density at radius 2 is 1.93 bits per heavy atom. The van der Waals surface area contributed by atoms with E-state index in [-0.39, 0.29) is 31.7 Å². The fraction of sp³-hybridized carbons (Fsp3) is 0.364. The van der Waals surface area contributed by atoms with Crippen LogP contribution >= 0.6 is 0 Å². The van der Waals surface area contributed by atoms with Crippen LogP contribution in [0.25, 0.3) is 0 Å². The van der Waals surface area contributed by atoms with E-state index in [1.165, 1.54) is 0 Å². The van der Waals surface area contributed by atoms with Gasteiger partial charge in [-0.25, -0.2) is 0 Å². The van der Waals surface area contributed by atoms with Crippen molar-refractivity contribution < 1.29 is 28.7 Å². The summed E-state index contributed by atoms with van der Waals surface area (Å²) < 4.78 is 15.9. The van der Waals surface area contributed by atoms with Crippen LogP contribution in [0.5, 0.6) is 17.2 Å². The third-order valence-corrected chi connectivity index (χ3v) is 4.81. The highest BCUT2D eigenvalue weighted by molar-refractivity contribution is 5.91. The SMILES string of the molecule is CCN(Cc1ccc2c(c1)OCO2)C(=O)C[NH+](C)CC(=O)Nc1cccc(OC)c1. The lowest BCUT2D eigenvalue weighted by Gasteiger charge is -2.23. The molecular weight excluding hydrogens is 386 g/mol. The molecule has 0 saturated heterocycles. The molecule has 1 atom stereocenters. The van der Waals surface area contributed by atoms with Crippen LogP contribution in [0, 0.1) is 0 Å². The number of amides is 2. The molecule has 3 rings (SSSR count). The Bertz CT molecular complexity index is 902. The maximum atomic E-state index is 12.7. The van der Waals surface area contributed by atoms with E-state index in [4.69, 9.17) is 14.2 Å². The first-order chi connectivity index (χ1) is 14.5. The number of nitrogens with one attached hydrogen (secondary N) is 2. The summed E-state index contributed by atoms with van der Waals surface area (Å²) >= 11 is 0. The number of anilines is 1. The Balaban J connectivity index is 1.51. The summed E-state index contributed by atoms with van der Waals surface area (Å²) in [6, 6.07) is 12.9. The topological polar surface area (TPSA) is 81.5 Å². The van der Waals surface area contributed by atoms with Crippen LogP contribution in [0.4, 0.5) is 5.69 Å². The highest BCUT2D eigenvalue weighted by Crippen LogP contribution is 2.32. The average Bonchev–Trinajstić information content (AvgIpc) is 3.19. The number of fused-ring (bicyclic) bond motifs is 1. The molecule has 0 saturated carbocycles. The lowest BCUT2D eigenvalue weighted by atomic mass is 10.2. The van der Waals surface area contributed by atoms with Crippen LogP contribution in [-0.4, -0.2) is 57.3 Å². The van der Waals surface area contributed by atoms with Crippen LogP contribution in [-0.2, 0) is 16.1 Å². The molecule has 1 aliphatic rings. The maximum absolute atomic E-state index is 12.7. The Kier molecular flexibility index (Phi) is 7.13. The van der Waals surface area contributed by atoms with Crippen molar-refractivity contribution in [2.24, 2.45) is 0 Å². The molecule has 8 nitrogen and oxygen atoms in total. The van der Waals surface area contributed by atoms with Crippen molar-refractivity contribution in [2.75, 3.05) is 45.9 Å². The van der Waals surface area contributed by atoms with E-state index in [0.717, 1.165) is 16.2 Å². The number of likely N-dealkylation sites (N-methyl/N-ethyl adjacent to an activating group) is 2. The van der Waals surface area contributed by atoms with Crippen molar-refractivity contribution >= 4 is 17.5 Å². The van der Waals surface area contributed by atoms with E-state index in [9.17, 15) is 9.59 Å². The van der Waals surface area contributed by atoms with E-state index in [0.29, 0.717) is 30.3 Å². The predicted octanol–water partition coefficient (Wildman–Crippen LogP) is 0.926. The summed E-state index contributed by atoms with van der Waals surface area (Å²) in [6.45, 7) is 3.64. The van der Waals surface area contributed by atoms with Gasteiger partial charge in [-0.3, -0.25) is 9.59 Å². The lowest BCUT2D eigenvalue weighted by molar-refractivity contribution is -0.862. The summed E-state index contributed by atoms with van der Waals surface area (Å²) in [5, 5.41) is 2.84. The van der Waals surface area contributed by atoms with Gasteiger partial charge in [0.25, 0.3) is 11.8 Å².